The van der Waals surface area contributed by atoms with Crippen LogP contribution in [0.2, 0.25) is 0 Å². The van der Waals surface area contributed by atoms with Crippen molar-refractivity contribution in [1.82, 2.24) is 9.88 Å². The molecule has 2 rings (SSSR count). The minimum absolute atomic E-state index is 0.288. The fraction of sp³-hybridized carbons (Fsp3) is 0.214. The van der Waals surface area contributed by atoms with Gasteiger partial charge in [-0.25, -0.2) is 0 Å². The predicted molar refractivity (Wildman–Crippen MR) is 71.2 cm³/mol. The number of aliphatic hydroxyl groups excluding tert-OH is 2. The van der Waals surface area contributed by atoms with Gasteiger partial charge in [0.15, 0.2) is 0 Å². The highest BCUT2D eigenvalue weighted by Crippen LogP contribution is 2.10. The SMILES string of the molecule is O=C(NC(CO)CO)c1ccc(-n2cccc2)cc1. The highest BCUT2D eigenvalue weighted by Gasteiger charge is 2.11. The summed E-state index contributed by atoms with van der Waals surface area (Å²) in [5.74, 6) is -0.313. The van der Waals surface area contributed by atoms with E-state index in [0.29, 0.717) is 5.56 Å². The Balaban J connectivity index is 2.08. The molecule has 1 amide bonds. The molecule has 0 spiro atoms. The summed E-state index contributed by atoms with van der Waals surface area (Å²) in [7, 11) is 0. The number of hydrogen-bond donors (Lipinski definition) is 3. The summed E-state index contributed by atoms with van der Waals surface area (Å²) in [6.07, 6.45) is 3.84. The molecule has 0 unspecified atom stereocenters. The Morgan fingerprint density at radius 1 is 1.11 bits per heavy atom. The average molecular weight is 260 g/mol. The molecule has 5 nitrogen and oxygen atoms in total. The van der Waals surface area contributed by atoms with Crippen molar-refractivity contribution in [2.45, 2.75) is 6.04 Å². The van der Waals surface area contributed by atoms with Crippen LogP contribution in [0.4, 0.5) is 0 Å². The van der Waals surface area contributed by atoms with Crippen molar-refractivity contribution in [3.8, 4) is 5.69 Å². The molecule has 2 aromatic rings. The zero-order chi connectivity index (χ0) is 13.7. The second kappa shape index (κ2) is 6.17. The Kier molecular flexibility index (Phi) is 4.33. The standard InChI is InChI=1S/C14H16N2O3/c17-9-12(10-18)15-14(19)11-3-5-13(6-4-11)16-7-1-2-8-16/h1-8,12,17-18H,9-10H2,(H,15,19). The van der Waals surface area contributed by atoms with Gasteiger partial charge < -0.3 is 20.1 Å². The summed E-state index contributed by atoms with van der Waals surface area (Å²) in [6, 6.07) is 10.3. The van der Waals surface area contributed by atoms with Gasteiger partial charge >= 0.3 is 0 Å². The number of carbonyl (C=O) groups is 1. The fourth-order valence-corrected chi connectivity index (χ4v) is 1.71. The lowest BCUT2D eigenvalue weighted by molar-refractivity contribution is 0.0879. The van der Waals surface area contributed by atoms with E-state index in [4.69, 9.17) is 10.2 Å². The van der Waals surface area contributed by atoms with Gasteiger partial charge in [-0.15, -0.1) is 0 Å². The van der Waals surface area contributed by atoms with Gasteiger partial charge in [-0.05, 0) is 36.4 Å². The molecule has 0 atom stereocenters. The zero-order valence-electron chi connectivity index (χ0n) is 10.4. The minimum atomic E-state index is -0.628. The highest BCUT2D eigenvalue weighted by atomic mass is 16.3. The highest BCUT2D eigenvalue weighted by molar-refractivity contribution is 5.94. The van der Waals surface area contributed by atoms with Crippen molar-refractivity contribution in [2.24, 2.45) is 0 Å². The van der Waals surface area contributed by atoms with Crippen LogP contribution < -0.4 is 5.32 Å². The molecule has 0 fully saturated rings. The average Bonchev–Trinajstić information content (AvgIpc) is 2.99. The van der Waals surface area contributed by atoms with Crippen molar-refractivity contribution in [1.29, 1.82) is 0 Å². The second-order valence-electron chi connectivity index (χ2n) is 4.17. The minimum Gasteiger partial charge on any atom is -0.394 e. The maximum absolute atomic E-state index is 11.8. The van der Waals surface area contributed by atoms with Gasteiger partial charge in [0.2, 0.25) is 0 Å². The maximum atomic E-state index is 11.8. The molecule has 3 N–H and O–H groups in total. The van der Waals surface area contributed by atoms with Crippen LogP contribution in [0.3, 0.4) is 0 Å². The summed E-state index contributed by atoms with van der Waals surface area (Å²) >= 11 is 0. The number of nitrogens with zero attached hydrogens (tertiary/aromatic N) is 1. The van der Waals surface area contributed by atoms with Gasteiger partial charge in [0.1, 0.15) is 0 Å². The Labute approximate surface area is 111 Å². The van der Waals surface area contributed by atoms with E-state index in [0.717, 1.165) is 5.69 Å². The zero-order valence-corrected chi connectivity index (χ0v) is 10.4. The normalized spacial score (nSPS) is 10.7. The maximum Gasteiger partial charge on any atom is 0.251 e. The summed E-state index contributed by atoms with van der Waals surface area (Å²) in [6.45, 7) is -0.576. The fourth-order valence-electron chi connectivity index (χ4n) is 1.71. The molecule has 0 aliphatic heterocycles. The van der Waals surface area contributed by atoms with E-state index in [9.17, 15) is 4.79 Å². The van der Waals surface area contributed by atoms with Gasteiger partial charge in [0.25, 0.3) is 5.91 Å². The molecule has 1 aromatic carbocycles. The lowest BCUT2D eigenvalue weighted by Crippen LogP contribution is -2.40. The molecule has 0 aliphatic rings. The molecule has 0 saturated carbocycles. The van der Waals surface area contributed by atoms with Gasteiger partial charge in [0.05, 0.1) is 19.3 Å². The first-order chi connectivity index (χ1) is 9.24. The quantitative estimate of drug-likeness (QED) is 0.735. The number of nitrogens with one attached hydrogen (secondary N) is 1. The van der Waals surface area contributed by atoms with Crippen LogP contribution in [0.15, 0.2) is 48.8 Å². The van der Waals surface area contributed by atoms with Gasteiger partial charge in [-0.1, -0.05) is 0 Å². The Hall–Kier alpha value is -2.11. The van der Waals surface area contributed by atoms with Crippen molar-refractivity contribution in [3.05, 3.63) is 54.4 Å². The van der Waals surface area contributed by atoms with Crippen LogP contribution >= 0.6 is 0 Å². The van der Waals surface area contributed by atoms with Crippen LogP contribution in [0.25, 0.3) is 5.69 Å². The monoisotopic (exact) mass is 260 g/mol. The Morgan fingerprint density at radius 3 is 2.21 bits per heavy atom. The van der Waals surface area contributed by atoms with E-state index in [1.54, 1.807) is 12.1 Å². The number of aromatic nitrogens is 1. The number of carbonyl (C=O) groups excluding carboxylic acids is 1. The molecule has 5 heteroatoms. The van der Waals surface area contributed by atoms with Crippen molar-refractivity contribution in [3.63, 3.8) is 0 Å². The van der Waals surface area contributed by atoms with E-state index < -0.39 is 6.04 Å². The topological polar surface area (TPSA) is 74.5 Å². The third-order valence-corrected chi connectivity index (χ3v) is 2.81. The Morgan fingerprint density at radius 2 is 1.68 bits per heavy atom. The molecular weight excluding hydrogens is 244 g/mol. The van der Waals surface area contributed by atoms with E-state index >= 15 is 0 Å². The molecule has 0 radical (unpaired) electrons. The van der Waals surface area contributed by atoms with Crippen LogP contribution in [0.5, 0.6) is 0 Å². The molecular formula is C14H16N2O3. The molecule has 0 saturated heterocycles. The molecule has 19 heavy (non-hydrogen) atoms. The van der Waals surface area contributed by atoms with Crippen LogP contribution in [-0.2, 0) is 0 Å². The van der Waals surface area contributed by atoms with E-state index in [1.807, 2.05) is 41.2 Å². The number of benzene rings is 1. The van der Waals surface area contributed by atoms with Crippen molar-refractivity contribution in [2.75, 3.05) is 13.2 Å². The summed E-state index contributed by atoms with van der Waals surface area (Å²) in [4.78, 5) is 11.8. The number of aliphatic hydroxyl groups is 2. The lowest BCUT2D eigenvalue weighted by atomic mass is 10.2. The Bertz CT molecular complexity index is 516. The number of hydrogen-bond acceptors (Lipinski definition) is 3. The van der Waals surface area contributed by atoms with E-state index in [-0.39, 0.29) is 19.1 Å². The van der Waals surface area contributed by atoms with Crippen LogP contribution in [0.1, 0.15) is 10.4 Å². The summed E-state index contributed by atoms with van der Waals surface area (Å²) in [5.41, 5.74) is 1.45. The summed E-state index contributed by atoms with van der Waals surface area (Å²) in [5, 5.41) is 20.4. The third-order valence-electron chi connectivity index (χ3n) is 2.81. The molecule has 0 bridgehead atoms. The first kappa shape index (κ1) is 13.3. The molecule has 1 heterocycles. The van der Waals surface area contributed by atoms with Crippen LogP contribution in [-0.4, -0.2) is 39.9 Å². The van der Waals surface area contributed by atoms with Crippen LogP contribution in [0, 0.1) is 0 Å². The third kappa shape index (κ3) is 3.21. The molecule has 100 valence electrons. The van der Waals surface area contributed by atoms with E-state index in [1.165, 1.54) is 0 Å². The first-order valence-corrected chi connectivity index (χ1v) is 6.00. The largest absolute Gasteiger partial charge is 0.394 e. The van der Waals surface area contributed by atoms with Gasteiger partial charge in [0, 0.05) is 23.6 Å². The van der Waals surface area contributed by atoms with E-state index in [2.05, 4.69) is 5.32 Å². The van der Waals surface area contributed by atoms with Crippen molar-refractivity contribution < 1.29 is 15.0 Å². The van der Waals surface area contributed by atoms with Crippen molar-refractivity contribution >= 4 is 5.91 Å². The second-order valence-corrected chi connectivity index (χ2v) is 4.17. The number of rotatable bonds is 5. The van der Waals surface area contributed by atoms with Gasteiger partial charge in [-0.3, -0.25) is 4.79 Å². The van der Waals surface area contributed by atoms with Gasteiger partial charge in [-0.2, -0.15) is 0 Å². The lowest BCUT2D eigenvalue weighted by Gasteiger charge is -2.13. The number of amides is 1. The molecule has 0 aliphatic carbocycles. The predicted octanol–water partition coefficient (Wildman–Crippen LogP) is 0.560. The smallest absolute Gasteiger partial charge is 0.251 e. The summed E-state index contributed by atoms with van der Waals surface area (Å²) < 4.78 is 1.94. The molecule has 1 aromatic heterocycles. The first-order valence-electron chi connectivity index (χ1n) is 6.00.